The lowest BCUT2D eigenvalue weighted by molar-refractivity contribution is 0.307. The predicted octanol–water partition coefficient (Wildman–Crippen LogP) is 18.1. The lowest BCUT2D eigenvalue weighted by Crippen LogP contribution is -2.08. The molecule has 0 unspecified atom stereocenters. The van der Waals surface area contributed by atoms with Crippen LogP contribution < -0.4 is 0 Å². The van der Waals surface area contributed by atoms with Crippen molar-refractivity contribution in [3.05, 3.63) is 0 Å². The van der Waals surface area contributed by atoms with Gasteiger partial charge < -0.3 is 0 Å². The van der Waals surface area contributed by atoms with Gasteiger partial charge in [0.2, 0.25) is 0 Å². The molecule has 5 rings (SSSR count). The van der Waals surface area contributed by atoms with E-state index in [1.54, 1.807) is 0 Å². The molecule has 0 heterocycles. The van der Waals surface area contributed by atoms with Gasteiger partial charge in [-0.2, -0.15) is 0 Å². The Morgan fingerprint density at radius 1 is 0.222 bits per heavy atom. The highest BCUT2D eigenvalue weighted by atomic mass is 14.2. The smallest absolute Gasteiger partial charge is 0.0417 e. The van der Waals surface area contributed by atoms with Crippen LogP contribution in [-0.2, 0) is 0 Å². The Morgan fingerprint density at radius 2 is 0.378 bits per heavy atom. The lowest BCUT2D eigenvalue weighted by atomic mass is 9.84. The van der Waals surface area contributed by atoms with Gasteiger partial charge in [0.25, 0.3) is 0 Å². The number of hydrogen-bond donors (Lipinski definition) is 0. The van der Waals surface area contributed by atoms with Crippen LogP contribution in [-0.4, -0.2) is 0 Å². The van der Waals surface area contributed by atoms with Crippen LogP contribution in [0.25, 0.3) is 0 Å². The maximum absolute atomic E-state index is 2.33. The van der Waals surface area contributed by atoms with E-state index in [1.807, 2.05) is 69.2 Å². The van der Waals surface area contributed by atoms with Crippen molar-refractivity contribution in [3.63, 3.8) is 0 Å². The summed E-state index contributed by atoms with van der Waals surface area (Å²) in [5, 5.41) is 0. The second-order valence-electron chi connectivity index (χ2n) is 12.8. The Morgan fingerprint density at radius 3 is 0.511 bits per heavy atom. The molecule has 0 heteroatoms. The first-order valence-corrected chi connectivity index (χ1v) is 22.2. The van der Waals surface area contributed by atoms with Crippen LogP contribution in [0.3, 0.4) is 0 Å². The minimum absolute atomic E-state index is 1.08. The van der Waals surface area contributed by atoms with E-state index in [1.165, 1.54) is 161 Å². The Balaban J connectivity index is -0.000000139. The van der Waals surface area contributed by atoms with Gasteiger partial charge in [0.1, 0.15) is 0 Å². The van der Waals surface area contributed by atoms with Crippen molar-refractivity contribution in [1.29, 1.82) is 0 Å². The van der Waals surface area contributed by atoms with Gasteiger partial charge in [-0.1, -0.05) is 264 Å². The fraction of sp³-hybridized carbons (Fsp3) is 1.00. The summed E-state index contributed by atoms with van der Waals surface area (Å²) in [5.41, 5.74) is 0. The molecule has 0 bridgehead atoms. The molecule has 0 spiro atoms. The topological polar surface area (TPSA) is 0 Å². The van der Waals surface area contributed by atoms with E-state index in [-0.39, 0.29) is 0 Å². The molecule has 0 nitrogen and oxygen atoms in total. The van der Waals surface area contributed by atoms with Crippen molar-refractivity contribution < 1.29 is 0 Å². The summed E-state index contributed by atoms with van der Waals surface area (Å²) in [4.78, 5) is 0. The van der Waals surface area contributed by atoms with Gasteiger partial charge in [0.15, 0.2) is 0 Å². The second kappa shape index (κ2) is 50.8. The van der Waals surface area contributed by atoms with Crippen LogP contribution in [0.2, 0.25) is 0 Å². The molecule has 5 saturated carbocycles. The highest BCUT2D eigenvalue weighted by Crippen LogP contribution is 2.31. The predicted molar refractivity (Wildman–Crippen MR) is 218 cm³/mol. The fourth-order valence-corrected chi connectivity index (χ4v) is 6.21. The van der Waals surface area contributed by atoms with Gasteiger partial charge in [-0.25, -0.2) is 0 Å². The molecule has 5 fully saturated rings. The largest absolute Gasteiger partial charge is 0.0683 e. The first-order chi connectivity index (χ1) is 22.2. The standard InChI is InChI=1S/C9H18.C8H16.C7H14.C6H12.C5H10.5C2H6/c1-2-9-7-5-3-4-6-8-9;1-2-8-6-4-3-5-7-8;1-2-7-5-3-4-6-7;1-2-6-4-3-5-6;1-2-5-3-4-5;5*1-2/h9H,2-8H2,1H3;8H,2-7H2,1H3;7H,2-6H2,1H3;6H,2-5H2,1H3;5H,2-4H2,1H3;5*1-2H3. The molecule has 0 saturated heterocycles. The molecular formula is C45H100. The van der Waals surface area contributed by atoms with E-state index in [0.717, 1.165) is 29.6 Å². The van der Waals surface area contributed by atoms with Crippen molar-refractivity contribution in [2.45, 2.75) is 264 Å². The summed E-state index contributed by atoms with van der Waals surface area (Å²) in [6.45, 7) is 31.5. The number of hydrogen-bond acceptors (Lipinski definition) is 0. The molecule has 280 valence electrons. The highest BCUT2D eigenvalue weighted by molar-refractivity contribution is 4.70. The van der Waals surface area contributed by atoms with Crippen LogP contribution in [0.4, 0.5) is 0 Å². The van der Waals surface area contributed by atoms with E-state index < -0.39 is 0 Å². The third-order valence-corrected chi connectivity index (χ3v) is 9.98. The zero-order chi connectivity index (χ0) is 35.6. The Labute approximate surface area is 293 Å². The normalized spacial score (nSPS) is 19.0. The van der Waals surface area contributed by atoms with Crippen molar-refractivity contribution in [2.24, 2.45) is 29.6 Å². The molecule has 5 aliphatic carbocycles. The van der Waals surface area contributed by atoms with Gasteiger partial charge in [0.05, 0.1) is 0 Å². The minimum atomic E-state index is 1.08. The second-order valence-corrected chi connectivity index (χ2v) is 12.8. The molecule has 0 aromatic heterocycles. The molecule has 0 aromatic rings. The molecule has 0 aromatic carbocycles. The maximum Gasteiger partial charge on any atom is -0.0417 e. The van der Waals surface area contributed by atoms with Crippen molar-refractivity contribution in [1.82, 2.24) is 0 Å². The first-order valence-electron chi connectivity index (χ1n) is 22.2. The van der Waals surface area contributed by atoms with E-state index in [9.17, 15) is 0 Å². The van der Waals surface area contributed by atoms with Crippen molar-refractivity contribution >= 4 is 0 Å². The summed E-state index contributed by atoms with van der Waals surface area (Å²) in [6.07, 6.45) is 37.2. The molecule has 5 aliphatic rings. The van der Waals surface area contributed by atoms with Crippen molar-refractivity contribution in [2.75, 3.05) is 0 Å². The van der Waals surface area contributed by atoms with Crippen LogP contribution in [0.1, 0.15) is 264 Å². The molecule has 0 aliphatic heterocycles. The van der Waals surface area contributed by atoms with E-state index in [4.69, 9.17) is 0 Å². The van der Waals surface area contributed by atoms with E-state index in [2.05, 4.69) is 34.6 Å². The molecule has 0 N–H and O–H groups in total. The Bertz CT molecular complexity index is 395. The summed E-state index contributed by atoms with van der Waals surface area (Å²) in [6, 6.07) is 0. The summed E-state index contributed by atoms with van der Waals surface area (Å²) in [7, 11) is 0. The van der Waals surface area contributed by atoms with Gasteiger partial charge in [-0.15, -0.1) is 0 Å². The minimum Gasteiger partial charge on any atom is -0.0683 e. The zero-order valence-corrected chi connectivity index (χ0v) is 35.6. The SMILES string of the molecule is CC.CC.CC.CC.CC.CCC1CC1.CCC1CCC1.CCC1CCCC1.CCC1CCCCC1.CCC1CCCCCC1. The van der Waals surface area contributed by atoms with Crippen LogP contribution in [0.5, 0.6) is 0 Å². The van der Waals surface area contributed by atoms with Crippen molar-refractivity contribution in [3.8, 4) is 0 Å². The maximum atomic E-state index is 2.33. The Hall–Kier alpha value is 0. The van der Waals surface area contributed by atoms with Crippen LogP contribution in [0.15, 0.2) is 0 Å². The highest BCUT2D eigenvalue weighted by Gasteiger charge is 2.17. The van der Waals surface area contributed by atoms with Crippen LogP contribution in [0, 0.1) is 29.6 Å². The molecule has 0 atom stereocenters. The summed E-state index contributed by atoms with van der Waals surface area (Å²) < 4.78 is 0. The summed E-state index contributed by atoms with van der Waals surface area (Å²) >= 11 is 0. The lowest BCUT2D eigenvalue weighted by Gasteiger charge is -2.22. The Kier molecular flexibility index (Phi) is 61.5. The monoisotopic (exact) mass is 641 g/mol. The molecule has 0 amide bonds. The van der Waals surface area contributed by atoms with Gasteiger partial charge >= 0.3 is 0 Å². The van der Waals surface area contributed by atoms with E-state index >= 15 is 0 Å². The zero-order valence-electron chi connectivity index (χ0n) is 35.6. The fourth-order valence-electron chi connectivity index (χ4n) is 6.21. The van der Waals surface area contributed by atoms with E-state index in [0.29, 0.717) is 0 Å². The molecular weight excluding hydrogens is 540 g/mol. The average molecular weight is 641 g/mol. The quantitative estimate of drug-likeness (QED) is 0.262. The third kappa shape index (κ3) is 42.0. The van der Waals surface area contributed by atoms with Gasteiger partial charge in [0, 0.05) is 0 Å². The summed E-state index contributed by atoms with van der Waals surface area (Å²) in [5.74, 6) is 5.51. The molecule has 0 radical (unpaired) electrons. The average Bonchev–Trinajstić information content (AvgIpc) is 3.89. The van der Waals surface area contributed by atoms with Crippen LogP contribution >= 0.6 is 0 Å². The first kappa shape index (κ1) is 54.5. The van der Waals surface area contributed by atoms with Gasteiger partial charge in [-0.3, -0.25) is 0 Å². The number of rotatable bonds is 5. The third-order valence-electron chi connectivity index (χ3n) is 9.98. The van der Waals surface area contributed by atoms with Gasteiger partial charge in [-0.05, 0) is 29.6 Å². The molecule has 45 heavy (non-hydrogen) atoms.